The first-order chi connectivity index (χ1) is 7.25. The van der Waals surface area contributed by atoms with Crippen molar-refractivity contribution in [1.29, 1.82) is 5.41 Å². The van der Waals surface area contributed by atoms with E-state index in [0.29, 0.717) is 4.80 Å². The van der Waals surface area contributed by atoms with Gasteiger partial charge in [0.2, 0.25) is 0 Å². The summed E-state index contributed by atoms with van der Waals surface area (Å²) >= 11 is 1.56. The number of nitrogens with zero attached hydrogens (tertiary/aromatic N) is 1. The highest BCUT2D eigenvalue weighted by atomic mass is 32.1. The molecule has 1 N–H and O–H groups in total. The van der Waals surface area contributed by atoms with Crippen LogP contribution in [0, 0.1) is 18.3 Å². The van der Waals surface area contributed by atoms with Crippen LogP contribution >= 0.6 is 11.3 Å². The van der Waals surface area contributed by atoms with Crippen molar-refractivity contribution in [2.75, 3.05) is 13.2 Å². The van der Waals surface area contributed by atoms with Crippen LogP contribution in [0.3, 0.4) is 0 Å². The molecular weight excluding hydrogens is 208 g/mol. The Morgan fingerprint density at radius 1 is 1.53 bits per heavy atom. The number of hydrogen-bond acceptors (Lipinski definition) is 3. The molecule has 1 aromatic heterocycles. The topological polar surface area (TPSA) is 38.0 Å². The number of aromatic nitrogens is 1. The fourth-order valence-electron chi connectivity index (χ4n) is 2.04. The van der Waals surface area contributed by atoms with Gasteiger partial charge in [0, 0.05) is 30.8 Å². The summed E-state index contributed by atoms with van der Waals surface area (Å²) in [5, 5.41) is 7.77. The second-order valence-corrected chi connectivity index (χ2v) is 5.42. The molecule has 1 aliphatic heterocycles. The molecule has 1 saturated heterocycles. The zero-order chi connectivity index (χ0) is 10.7. The number of nitrogens with one attached hydrogen (secondary N) is 1. The molecule has 0 atom stereocenters. The molecule has 0 saturated carbocycles. The quantitative estimate of drug-likeness (QED) is 0.842. The summed E-state index contributed by atoms with van der Waals surface area (Å²) in [7, 11) is 0. The lowest BCUT2D eigenvalue weighted by atomic mass is 9.97. The Hall–Kier alpha value is -0.610. The summed E-state index contributed by atoms with van der Waals surface area (Å²) in [6.07, 6.45) is 5.66. The van der Waals surface area contributed by atoms with E-state index in [-0.39, 0.29) is 0 Å². The lowest BCUT2D eigenvalue weighted by Gasteiger charge is -2.21. The van der Waals surface area contributed by atoms with Gasteiger partial charge in [0.05, 0.1) is 0 Å². The smallest absolute Gasteiger partial charge is 0.182 e. The molecule has 0 spiro atoms. The molecule has 1 aromatic rings. The van der Waals surface area contributed by atoms with Crippen molar-refractivity contribution in [3.63, 3.8) is 0 Å². The molecule has 1 fully saturated rings. The zero-order valence-electron chi connectivity index (χ0n) is 9.16. The summed E-state index contributed by atoms with van der Waals surface area (Å²) in [5.74, 6) is 0.797. The number of thiazole rings is 1. The molecule has 84 valence electrons. The average molecular weight is 226 g/mol. The maximum absolute atomic E-state index is 7.77. The van der Waals surface area contributed by atoms with Gasteiger partial charge in [0.25, 0.3) is 0 Å². The van der Waals surface area contributed by atoms with E-state index in [4.69, 9.17) is 10.1 Å². The fourth-order valence-corrected chi connectivity index (χ4v) is 2.78. The molecular formula is C11H18N2OS. The van der Waals surface area contributed by atoms with Gasteiger partial charge in [-0.3, -0.25) is 5.41 Å². The van der Waals surface area contributed by atoms with Gasteiger partial charge in [-0.1, -0.05) is 0 Å². The third-order valence-electron chi connectivity index (χ3n) is 2.98. The number of ether oxygens (including phenoxy) is 1. The van der Waals surface area contributed by atoms with Gasteiger partial charge in [0.1, 0.15) is 0 Å². The molecule has 0 aliphatic carbocycles. The molecule has 15 heavy (non-hydrogen) atoms. The van der Waals surface area contributed by atoms with Crippen LogP contribution in [0.5, 0.6) is 0 Å². The minimum atomic E-state index is 0.680. The normalized spacial score (nSPS) is 18.2. The Balaban J connectivity index is 1.87. The second kappa shape index (κ2) is 4.94. The third-order valence-corrected chi connectivity index (χ3v) is 3.83. The zero-order valence-corrected chi connectivity index (χ0v) is 9.98. The number of rotatable bonds is 3. The maximum atomic E-state index is 7.77. The Morgan fingerprint density at radius 2 is 2.27 bits per heavy atom. The van der Waals surface area contributed by atoms with Crippen LogP contribution in [0.2, 0.25) is 0 Å². The Kier molecular flexibility index (Phi) is 3.59. The van der Waals surface area contributed by atoms with E-state index >= 15 is 0 Å². The molecule has 1 aliphatic rings. The average Bonchev–Trinajstić information content (AvgIpc) is 2.56. The summed E-state index contributed by atoms with van der Waals surface area (Å²) in [6.45, 7) is 4.90. The third kappa shape index (κ3) is 2.92. The van der Waals surface area contributed by atoms with Crippen molar-refractivity contribution in [3.8, 4) is 0 Å². The van der Waals surface area contributed by atoms with Crippen LogP contribution in [0.15, 0.2) is 6.20 Å². The SMILES string of the molecule is Cc1cn(CCC2CCOCC2)c(=N)s1. The van der Waals surface area contributed by atoms with E-state index in [0.717, 1.165) is 25.7 Å². The predicted molar refractivity (Wildman–Crippen MR) is 61.1 cm³/mol. The molecule has 0 bridgehead atoms. The van der Waals surface area contributed by atoms with E-state index in [1.54, 1.807) is 11.3 Å². The van der Waals surface area contributed by atoms with Crippen molar-refractivity contribution >= 4 is 11.3 Å². The minimum Gasteiger partial charge on any atom is -0.381 e. The van der Waals surface area contributed by atoms with Crippen molar-refractivity contribution in [2.45, 2.75) is 32.7 Å². The number of hydrogen-bond donors (Lipinski definition) is 1. The first-order valence-electron chi connectivity index (χ1n) is 5.55. The standard InChI is InChI=1S/C11H18N2OS/c1-9-8-13(11(12)15-9)5-2-10-3-6-14-7-4-10/h8,10,12H,2-7H2,1H3. The summed E-state index contributed by atoms with van der Waals surface area (Å²) < 4.78 is 7.40. The van der Waals surface area contributed by atoms with Crippen molar-refractivity contribution in [2.24, 2.45) is 5.92 Å². The highest BCUT2D eigenvalue weighted by Crippen LogP contribution is 2.19. The first kappa shape index (κ1) is 10.9. The molecule has 0 amide bonds. The summed E-state index contributed by atoms with van der Waals surface area (Å²) in [5.41, 5.74) is 0. The molecule has 0 radical (unpaired) electrons. The lowest BCUT2D eigenvalue weighted by Crippen LogP contribution is -2.19. The van der Waals surface area contributed by atoms with Gasteiger partial charge in [-0.05, 0) is 32.1 Å². The van der Waals surface area contributed by atoms with Gasteiger partial charge in [-0.15, -0.1) is 11.3 Å². The van der Waals surface area contributed by atoms with Crippen molar-refractivity contribution in [1.82, 2.24) is 4.57 Å². The molecule has 3 nitrogen and oxygen atoms in total. The van der Waals surface area contributed by atoms with E-state index in [1.807, 2.05) is 0 Å². The van der Waals surface area contributed by atoms with E-state index in [1.165, 1.54) is 24.1 Å². The van der Waals surface area contributed by atoms with Crippen LogP contribution in [0.1, 0.15) is 24.1 Å². The molecule has 2 heterocycles. The second-order valence-electron chi connectivity index (χ2n) is 4.18. The van der Waals surface area contributed by atoms with Crippen LogP contribution in [0.25, 0.3) is 0 Å². The first-order valence-corrected chi connectivity index (χ1v) is 6.36. The van der Waals surface area contributed by atoms with Gasteiger partial charge < -0.3 is 9.30 Å². The summed E-state index contributed by atoms with van der Waals surface area (Å²) in [6, 6.07) is 0. The molecule has 0 unspecified atom stereocenters. The van der Waals surface area contributed by atoms with E-state index in [2.05, 4.69) is 17.7 Å². The minimum absolute atomic E-state index is 0.680. The van der Waals surface area contributed by atoms with Gasteiger partial charge in [-0.25, -0.2) is 0 Å². The fraction of sp³-hybridized carbons (Fsp3) is 0.727. The van der Waals surface area contributed by atoms with Crippen molar-refractivity contribution in [3.05, 3.63) is 15.9 Å². The Morgan fingerprint density at radius 3 is 2.87 bits per heavy atom. The Bertz CT molecular complexity index is 363. The van der Waals surface area contributed by atoms with Crippen LogP contribution in [-0.4, -0.2) is 17.8 Å². The maximum Gasteiger partial charge on any atom is 0.182 e. The van der Waals surface area contributed by atoms with Crippen LogP contribution < -0.4 is 4.80 Å². The number of aryl methyl sites for hydroxylation is 2. The molecule has 4 heteroatoms. The Labute approximate surface area is 94.2 Å². The predicted octanol–water partition coefficient (Wildman–Crippen LogP) is 2.15. The van der Waals surface area contributed by atoms with Gasteiger partial charge in [0.15, 0.2) is 4.80 Å². The molecule has 2 rings (SSSR count). The highest BCUT2D eigenvalue weighted by Gasteiger charge is 2.13. The lowest BCUT2D eigenvalue weighted by molar-refractivity contribution is 0.0625. The monoisotopic (exact) mass is 226 g/mol. The van der Waals surface area contributed by atoms with Gasteiger partial charge in [-0.2, -0.15) is 0 Å². The largest absolute Gasteiger partial charge is 0.381 e. The highest BCUT2D eigenvalue weighted by molar-refractivity contribution is 7.09. The van der Waals surface area contributed by atoms with E-state index in [9.17, 15) is 0 Å². The molecule has 0 aromatic carbocycles. The van der Waals surface area contributed by atoms with Crippen molar-refractivity contribution < 1.29 is 4.74 Å². The van der Waals surface area contributed by atoms with Crippen LogP contribution in [0.4, 0.5) is 0 Å². The summed E-state index contributed by atoms with van der Waals surface area (Å²) in [4.78, 5) is 1.91. The van der Waals surface area contributed by atoms with Gasteiger partial charge >= 0.3 is 0 Å². The van der Waals surface area contributed by atoms with Crippen LogP contribution in [-0.2, 0) is 11.3 Å². The van der Waals surface area contributed by atoms with E-state index < -0.39 is 0 Å².